The lowest BCUT2D eigenvalue weighted by Crippen LogP contribution is -2.33. The molecule has 0 saturated carbocycles. The zero-order valence-corrected chi connectivity index (χ0v) is 9.09. The van der Waals surface area contributed by atoms with Crippen molar-refractivity contribution in [3.63, 3.8) is 0 Å². The van der Waals surface area contributed by atoms with Crippen molar-refractivity contribution in [2.24, 2.45) is 0 Å². The maximum Gasteiger partial charge on any atom is 0.414 e. The molecule has 0 spiro atoms. The van der Waals surface area contributed by atoms with Gasteiger partial charge in [0, 0.05) is 18.7 Å². The fourth-order valence-corrected chi connectivity index (χ4v) is 1.29. The molecule has 0 aromatic heterocycles. The number of carbonyl (C=O) groups excluding carboxylic acids is 1. The van der Waals surface area contributed by atoms with E-state index in [1.807, 2.05) is 20.8 Å². The van der Waals surface area contributed by atoms with Crippen molar-refractivity contribution in [3.8, 4) is 0 Å². The monoisotopic (exact) mass is 195 g/mol. The van der Waals surface area contributed by atoms with Gasteiger partial charge in [-0.2, -0.15) is 0 Å². The maximum atomic E-state index is 11.6. The van der Waals surface area contributed by atoms with E-state index in [0.717, 1.165) is 11.3 Å². The van der Waals surface area contributed by atoms with Gasteiger partial charge >= 0.3 is 6.09 Å². The van der Waals surface area contributed by atoms with E-state index in [1.54, 1.807) is 0 Å². The fraction of sp³-hybridized carbons (Fsp3) is 0.545. The van der Waals surface area contributed by atoms with Gasteiger partial charge < -0.3 is 4.74 Å². The number of allylic oxidation sites excluding steroid dienone is 1. The Morgan fingerprint density at radius 1 is 1.43 bits per heavy atom. The van der Waals surface area contributed by atoms with E-state index in [2.05, 4.69) is 13.2 Å². The highest BCUT2D eigenvalue weighted by atomic mass is 16.6. The maximum absolute atomic E-state index is 11.6. The Morgan fingerprint density at radius 3 is 2.36 bits per heavy atom. The molecule has 3 heteroatoms. The Morgan fingerprint density at radius 2 is 2.00 bits per heavy atom. The summed E-state index contributed by atoms with van der Waals surface area (Å²) in [6, 6.07) is 0. The van der Waals surface area contributed by atoms with Gasteiger partial charge in [-0.05, 0) is 20.8 Å². The highest BCUT2D eigenvalue weighted by Crippen LogP contribution is 2.25. The van der Waals surface area contributed by atoms with Crippen LogP contribution in [0.15, 0.2) is 24.4 Å². The SMILES string of the molecule is C=C1CC(=C)N(C(=O)OC(C)(C)C)C1. The van der Waals surface area contributed by atoms with E-state index in [-0.39, 0.29) is 6.09 Å². The zero-order chi connectivity index (χ0) is 10.9. The summed E-state index contributed by atoms with van der Waals surface area (Å²) in [5.74, 6) is 0. The van der Waals surface area contributed by atoms with E-state index in [9.17, 15) is 4.79 Å². The Kier molecular flexibility index (Phi) is 2.69. The standard InChI is InChI=1S/C11H17NO2/c1-8-6-9(2)12(7-8)10(13)14-11(3,4)5/h1-2,6-7H2,3-5H3. The number of hydrogen-bond acceptors (Lipinski definition) is 2. The largest absolute Gasteiger partial charge is 0.443 e. The molecule has 0 atom stereocenters. The van der Waals surface area contributed by atoms with Gasteiger partial charge in [0.25, 0.3) is 0 Å². The predicted molar refractivity (Wildman–Crippen MR) is 55.8 cm³/mol. The summed E-state index contributed by atoms with van der Waals surface area (Å²) in [5, 5.41) is 0. The van der Waals surface area contributed by atoms with Crippen LogP contribution in [0.2, 0.25) is 0 Å². The van der Waals surface area contributed by atoms with E-state index < -0.39 is 5.60 Å². The molecular formula is C11H17NO2. The molecule has 14 heavy (non-hydrogen) atoms. The van der Waals surface area contributed by atoms with Crippen LogP contribution in [0, 0.1) is 0 Å². The minimum atomic E-state index is -0.457. The van der Waals surface area contributed by atoms with Gasteiger partial charge in [-0.1, -0.05) is 18.7 Å². The van der Waals surface area contributed by atoms with Gasteiger partial charge in [-0.15, -0.1) is 0 Å². The minimum absolute atomic E-state index is 0.332. The van der Waals surface area contributed by atoms with E-state index in [0.29, 0.717) is 13.0 Å². The number of carbonyl (C=O) groups is 1. The zero-order valence-electron chi connectivity index (χ0n) is 9.09. The second-order valence-corrected chi connectivity index (χ2v) is 4.56. The smallest absolute Gasteiger partial charge is 0.414 e. The fourth-order valence-electron chi connectivity index (χ4n) is 1.29. The Bertz CT molecular complexity index is 286. The molecule has 0 radical (unpaired) electrons. The topological polar surface area (TPSA) is 29.5 Å². The van der Waals surface area contributed by atoms with Gasteiger partial charge in [-0.25, -0.2) is 4.79 Å². The first-order valence-corrected chi connectivity index (χ1v) is 4.64. The molecule has 1 saturated heterocycles. The lowest BCUT2D eigenvalue weighted by atomic mass is 10.2. The van der Waals surface area contributed by atoms with E-state index in [1.165, 1.54) is 4.90 Å². The number of rotatable bonds is 0. The van der Waals surface area contributed by atoms with Crippen molar-refractivity contribution >= 4 is 6.09 Å². The van der Waals surface area contributed by atoms with Gasteiger partial charge in [0.1, 0.15) is 5.60 Å². The van der Waals surface area contributed by atoms with Gasteiger partial charge in [-0.3, -0.25) is 4.90 Å². The Labute approximate surface area is 85.0 Å². The van der Waals surface area contributed by atoms with Crippen molar-refractivity contribution in [2.75, 3.05) is 6.54 Å². The van der Waals surface area contributed by atoms with Crippen LogP contribution in [0.3, 0.4) is 0 Å². The summed E-state index contributed by atoms with van der Waals surface area (Å²) in [7, 11) is 0. The number of hydrogen-bond donors (Lipinski definition) is 0. The second-order valence-electron chi connectivity index (χ2n) is 4.56. The Balaban J connectivity index is 2.62. The number of nitrogens with zero attached hydrogens (tertiary/aromatic N) is 1. The molecule has 1 rings (SSSR count). The van der Waals surface area contributed by atoms with Crippen LogP contribution in [0.1, 0.15) is 27.2 Å². The molecular weight excluding hydrogens is 178 g/mol. The summed E-state index contributed by atoms with van der Waals surface area (Å²) in [4.78, 5) is 13.2. The molecule has 1 aliphatic rings. The van der Waals surface area contributed by atoms with E-state index in [4.69, 9.17) is 4.74 Å². The van der Waals surface area contributed by atoms with Crippen LogP contribution < -0.4 is 0 Å². The summed E-state index contributed by atoms with van der Waals surface area (Å²) in [6.45, 7) is 13.7. The molecule has 0 bridgehead atoms. The molecule has 0 unspecified atom stereocenters. The lowest BCUT2D eigenvalue weighted by Gasteiger charge is -2.24. The van der Waals surface area contributed by atoms with Gasteiger partial charge in [0.05, 0.1) is 0 Å². The summed E-state index contributed by atoms with van der Waals surface area (Å²) in [6.07, 6.45) is 0.361. The van der Waals surface area contributed by atoms with Gasteiger partial charge in [0.2, 0.25) is 0 Å². The highest BCUT2D eigenvalue weighted by molar-refractivity contribution is 5.71. The normalized spacial score (nSPS) is 17.5. The highest BCUT2D eigenvalue weighted by Gasteiger charge is 2.28. The second kappa shape index (κ2) is 3.48. The third kappa shape index (κ3) is 2.62. The van der Waals surface area contributed by atoms with Crippen LogP contribution in [0.25, 0.3) is 0 Å². The molecule has 1 aliphatic heterocycles. The first-order valence-electron chi connectivity index (χ1n) is 4.64. The predicted octanol–water partition coefficient (Wildman–Crippen LogP) is 2.70. The number of amides is 1. The van der Waals surface area contributed by atoms with Crippen molar-refractivity contribution in [3.05, 3.63) is 24.4 Å². The molecule has 0 N–H and O–H groups in total. The van der Waals surface area contributed by atoms with Crippen LogP contribution in [-0.2, 0) is 4.74 Å². The van der Waals surface area contributed by atoms with Crippen molar-refractivity contribution in [1.29, 1.82) is 0 Å². The third-order valence-electron chi connectivity index (χ3n) is 1.83. The number of likely N-dealkylation sites (tertiary alicyclic amines) is 1. The molecule has 3 nitrogen and oxygen atoms in total. The molecule has 1 amide bonds. The molecule has 0 aliphatic carbocycles. The molecule has 1 fully saturated rings. The summed E-state index contributed by atoms with van der Waals surface area (Å²) < 4.78 is 5.23. The van der Waals surface area contributed by atoms with Crippen molar-refractivity contribution in [2.45, 2.75) is 32.8 Å². The summed E-state index contributed by atoms with van der Waals surface area (Å²) in [5.41, 5.74) is 1.31. The first-order chi connectivity index (χ1) is 6.29. The van der Waals surface area contributed by atoms with Crippen LogP contribution in [0.5, 0.6) is 0 Å². The lowest BCUT2D eigenvalue weighted by molar-refractivity contribution is 0.0345. The van der Waals surface area contributed by atoms with Gasteiger partial charge in [0.15, 0.2) is 0 Å². The average molecular weight is 195 g/mol. The van der Waals surface area contributed by atoms with Crippen LogP contribution in [-0.4, -0.2) is 23.1 Å². The Hall–Kier alpha value is -1.25. The molecule has 78 valence electrons. The molecule has 1 heterocycles. The quantitative estimate of drug-likeness (QED) is 0.556. The molecule has 0 aromatic rings. The van der Waals surface area contributed by atoms with Crippen LogP contribution in [0.4, 0.5) is 4.79 Å². The van der Waals surface area contributed by atoms with Crippen molar-refractivity contribution in [1.82, 2.24) is 4.90 Å². The molecule has 0 aromatic carbocycles. The minimum Gasteiger partial charge on any atom is -0.443 e. The van der Waals surface area contributed by atoms with Crippen LogP contribution >= 0.6 is 0 Å². The first kappa shape index (κ1) is 10.8. The summed E-state index contributed by atoms with van der Waals surface area (Å²) >= 11 is 0. The number of ether oxygens (including phenoxy) is 1. The van der Waals surface area contributed by atoms with Crippen molar-refractivity contribution < 1.29 is 9.53 Å². The third-order valence-corrected chi connectivity index (χ3v) is 1.83. The average Bonchev–Trinajstić information content (AvgIpc) is 2.26. The van der Waals surface area contributed by atoms with E-state index >= 15 is 0 Å².